The van der Waals surface area contributed by atoms with Crippen molar-refractivity contribution in [3.8, 4) is 0 Å². The standard InChI is InChI=1S/C10H19NO5S/c1-16-6-9(12)5-11-10(13)4-8-2-3-17(14,15)7-8/h8-9,12H,2-7H2,1H3,(H,11,13). The largest absolute Gasteiger partial charge is 0.389 e. The Morgan fingerprint density at radius 1 is 1.59 bits per heavy atom. The minimum Gasteiger partial charge on any atom is -0.389 e. The van der Waals surface area contributed by atoms with Crippen molar-refractivity contribution in [2.75, 3.05) is 31.8 Å². The third kappa shape index (κ3) is 5.47. The Hall–Kier alpha value is -0.660. The van der Waals surface area contributed by atoms with Crippen molar-refractivity contribution in [1.29, 1.82) is 0 Å². The van der Waals surface area contributed by atoms with Crippen molar-refractivity contribution in [1.82, 2.24) is 5.32 Å². The molecule has 6 nitrogen and oxygen atoms in total. The fourth-order valence-corrected chi connectivity index (χ4v) is 3.71. The molecule has 2 atom stereocenters. The Labute approximate surface area is 101 Å². The van der Waals surface area contributed by atoms with Crippen LogP contribution in [0.15, 0.2) is 0 Å². The fourth-order valence-electron chi connectivity index (χ4n) is 1.85. The van der Waals surface area contributed by atoms with Crippen molar-refractivity contribution in [3.63, 3.8) is 0 Å². The Kier molecular flexibility index (Phi) is 5.35. The molecule has 0 bridgehead atoms. The molecule has 1 heterocycles. The SMILES string of the molecule is COCC(O)CNC(=O)CC1CCS(=O)(=O)C1. The maximum atomic E-state index is 11.5. The number of carbonyl (C=O) groups is 1. The molecule has 17 heavy (non-hydrogen) atoms. The molecule has 2 N–H and O–H groups in total. The molecule has 1 saturated heterocycles. The first-order chi connectivity index (χ1) is 7.93. The van der Waals surface area contributed by atoms with Crippen LogP contribution in [0.5, 0.6) is 0 Å². The summed E-state index contributed by atoms with van der Waals surface area (Å²) < 4.78 is 27.1. The smallest absolute Gasteiger partial charge is 0.220 e. The molecule has 1 amide bonds. The molecule has 0 spiro atoms. The van der Waals surface area contributed by atoms with Gasteiger partial charge in [0.1, 0.15) is 0 Å². The second-order valence-electron chi connectivity index (χ2n) is 4.39. The van der Waals surface area contributed by atoms with Crippen LogP contribution < -0.4 is 5.32 Å². The molecule has 1 fully saturated rings. The summed E-state index contributed by atoms with van der Waals surface area (Å²) in [5.41, 5.74) is 0. The van der Waals surface area contributed by atoms with E-state index in [1.54, 1.807) is 0 Å². The molecule has 1 rings (SSSR count). The average Bonchev–Trinajstić information content (AvgIpc) is 2.55. The van der Waals surface area contributed by atoms with Crippen LogP contribution in [0.2, 0.25) is 0 Å². The van der Waals surface area contributed by atoms with Gasteiger partial charge in [-0.15, -0.1) is 0 Å². The van der Waals surface area contributed by atoms with Gasteiger partial charge in [0.05, 0.1) is 24.2 Å². The van der Waals surface area contributed by atoms with Gasteiger partial charge in [0.25, 0.3) is 0 Å². The lowest BCUT2D eigenvalue weighted by molar-refractivity contribution is -0.122. The maximum absolute atomic E-state index is 11.5. The zero-order chi connectivity index (χ0) is 12.9. The minimum atomic E-state index is -2.93. The summed E-state index contributed by atoms with van der Waals surface area (Å²) >= 11 is 0. The van der Waals surface area contributed by atoms with Gasteiger partial charge >= 0.3 is 0 Å². The fraction of sp³-hybridized carbons (Fsp3) is 0.900. The number of hydrogen-bond donors (Lipinski definition) is 2. The lowest BCUT2D eigenvalue weighted by Gasteiger charge is -2.12. The van der Waals surface area contributed by atoms with E-state index < -0.39 is 15.9 Å². The van der Waals surface area contributed by atoms with Crippen molar-refractivity contribution < 1.29 is 23.1 Å². The first-order valence-electron chi connectivity index (χ1n) is 5.57. The molecule has 0 aliphatic carbocycles. The molecule has 2 unspecified atom stereocenters. The predicted molar refractivity (Wildman–Crippen MR) is 62.3 cm³/mol. The van der Waals surface area contributed by atoms with Crippen LogP contribution >= 0.6 is 0 Å². The number of hydrogen-bond acceptors (Lipinski definition) is 5. The maximum Gasteiger partial charge on any atom is 0.220 e. The van der Waals surface area contributed by atoms with Crippen LogP contribution in [0.4, 0.5) is 0 Å². The zero-order valence-electron chi connectivity index (χ0n) is 9.89. The highest BCUT2D eigenvalue weighted by molar-refractivity contribution is 7.91. The topological polar surface area (TPSA) is 92.7 Å². The van der Waals surface area contributed by atoms with E-state index in [0.29, 0.717) is 6.42 Å². The Bertz CT molecular complexity index is 354. The predicted octanol–water partition coefficient (Wildman–Crippen LogP) is -1.07. The Morgan fingerprint density at radius 3 is 2.82 bits per heavy atom. The molecule has 0 saturated carbocycles. The molecule has 1 aliphatic heterocycles. The molecule has 0 aromatic heterocycles. The number of rotatable bonds is 6. The molecule has 100 valence electrons. The van der Waals surface area contributed by atoms with E-state index in [2.05, 4.69) is 5.32 Å². The Morgan fingerprint density at radius 2 is 2.29 bits per heavy atom. The third-order valence-electron chi connectivity index (χ3n) is 2.69. The summed E-state index contributed by atoms with van der Waals surface area (Å²) in [4.78, 5) is 11.5. The summed E-state index contributed by atoms with van der Waals surface area (Å²) in [5, 5.41) is 11.9. The summed E-state index contributed by atoms with van der Waals surface area (Å²) in [7, 11) is -1.46. The lowest BCUT2D eigenvalue weighted by atomic mass is 10.1. The van der Waals surface area contributed by atoms with Crippen molar-refractivity contribution in [2.45, 2.75) is 18.9 Å². The third-order valence-corrected chi connectivity index (χ3v) is 4.53. The average molecular weight is 265 g/mol. The van der Waals surface area contributed by atoms with Crippen LogP contribution in [0.1, 0.15) is 12.8 Å². The first kappa shape index (κ1) is 14.4. The highest BCUT2D eigenvalue weighted by atomic mass is 32.2. The van der Waals surface area contributed by atoms with E-state index >= 15 is 0 Å². The number of aliphatic hydroxyl groups is 1. The minimum absolute atomic E-state index is 0.0837. The van der Waals surface area contributed by atoms with Crippen LogP contribution in [0, 0.1) is 5.92 Å². The van der Waals surface area contributed by atoms with Crippen molar-refractivity contribution >= 4 is 15.7 Å². The normalized spacial score (nSPS) is 24.5. The van der Waals surface area contributed by atoms with Crippen LogP contribution in [0.25, 0.3) is 0 Å². The zero-order valence-corrected chi connectivity index (χ0v) is 10.7. The number of amides is 1. The number of sulfone groups is 1. The Balaban J connectivity index is 2.22. The quantitative estimate of drug-likeness (QED) is 0.638. The molecule has 7 heteroatoms. The second-order valence-corrected chi connectivity index (χ2v) is 6.62. The van der Waals surface area contributed by atoms with Gasteiger partial charge in [-0.3, -0.25) is 4.79 Å². The molecular formula is C10H19NO5S. The van der Waals surface area contributed by atoms with E-state index in [9.17, 15) is 18.3 Å². The number of carbonyl (C=O) groups excluding carboxylic acids is 1. The molecule has 1 aliphatic rings. The van der Waals surface area contributed by atoms with Crippen LogP contribution in [-0.2, 0) is 19.4 Å². The van der Waals surface area contributed by atoms with E-state index in [1.165, 1.54) is 7.11 Å². The first-order valence-corrected chi connectivity index (χ1v) is 7.39. The monoisotopic (exact) mass is 265 g/mol. The van der Waals surface area contributed by atoms with Gasteiger partial charge in [0.2, 0.25) is 5.91 Å². The van der Waals surface area contributed by atoms with Gasteiger partial charge in [-0.1, -0.05) is 0 Å². The number of ether oxygens (including phenoxy) is 1. The van der Waals surface area contributed by atoms with E-state index in [4.69, 9.17) is 4.74 Å². The summed E-state index contributed by atoms with van der Waals surface area (Å²) in [6.45, 7) is 0.296. The molecule has 0 aromatic carbocycles. The van der Waals surface area contributed by atoms with E-state index in [1.807, 2.05) is 0 Å². The molecular weight excluding hydrogens is 246 g/mol. The van der Waals surface area contributed by atoms with Crippen molar-refractivity contribution in [3.05, 3.63) is 0 Å². The summed E-state index contributed by atoms with van der Waals surface area (Å²) in [6.07, 6.45) is 0.0336. The number of nitrogens with one attached hydrogen (secondary N) is 1. The van der Waals surface area contributed by atoms with Gasteiger partial charge in [0, 0.05) is 20.1 Å². The summed E-state index contributed by atoms with van der Waals surface area (Å²) in [6, 6.07) is 0. The second kappa shape index (κ2) is 6.32. The van der Waals surface area contributed by atoms with Gasteiger partial charge in [-0.2, -0.15) is 0 Å². The summed E-state index contributed by atoms with van der Waals surface area (Å²) in [5.74, 6) is -0.0278. The van der Waals surface area contributed by atoms with Crippen LogP contribution in [-0.4, -0.2) is 57.3 Å². The van der Waals surface area contributed by atoms with Crippen molar-refractivity contribution in [2.24, 2.45) is 5.92 Å². The van der Waals surface area contributed by atoms with Gasteiger partial charge in [0.15, 0.2) is 9.84 Å². The van der Waals surface area contributed by atoms with Gasteiger partial charge < -0.3 is 15.2 Å². The highest BCUT2D eigenvalue weighted by Crippen LogP contribution is 2.21. The van der Waals surface area contributed by atoms with Crippen LogP contribution in [0.3, 0.4) is 0 Å². The highest BCUT2D eigenvalue weighted by Gasteiger charge is 2.29. The van der Waals surface area contributed by atoms with E-state index in [0.717, 1.165) is 0 Å². The van der Waals surface area contributed by atoms with Gasteiger partial charge in [-0.05, 0) is 12.3 Å². The molecule has 0 aromatic rings. The lowest BCUT2D eigenvalue weighted by Crippen LogP contribution is -2.35. The van der Waals surface area contributed by atoms with E-state index in [-0.39, 0.29) is 42.9 Å². The molecule has 0 radical (unpaired) electrons. The number of aliphatic hydroxyl groups excluding tert-OH is 1. The van der Waals surface area contributed by atoms with Gasteiger partial charge in [-0.25, -0.2) is 8.42 Å². The number of methoxy groups -OCH3 is 1.